The number of hydrogen-bond acceptors (Lipinski definition) is 2. The molecule has 1 heterocycles. The maximum Gasteiger partial charge on any atom is 0.134 e. The van der Waals surface area contributed by atoms with Crippen molar-refractivity contribution in [1.82, 2.24) is 5.32 Å². The molecule has 2 atom stereocenters. The molecular formula is C17H24BrNO. The van der Waals surface area contributed by atoms with Crippen molar-refractivity contribution < 1.29 is 4.42 Å². The van der Waals surface area contributed by atoms with Crippen LogP contribution in [0.25, 0.3) is 11.0 Å². The molecule has 0 bridgehead atoms. The molecule has 2 aromatic rings. The van der Waals surface area contributed by atoms with Gasteiger partial charge in [0.2, 0.25) is 0 Å². The molecule has 0 aliphatic carbocycles. The molecule has 110 valence electrons. The highest BCUT2D eigenvalue weighted by Crippen LogP contribution is 2.28. The SMILES string of the molecule is CC(NCC(C)C(C)(C)C)c1cc2cc(Br)ccc2o1. The first-order valence-electron chi connectivity index (χ1n) is 7.20. The minimum Gasteiger partial charge on any atom is -0.459 e. The lowest BCUT2D eigenvalue weighted by Crippen LogP contribution is -2.31. The molecule has 1 N–H and O–H groups in total. The predicted molar refractivity (Wildman–Crippen MR) is 89.0 cm³/mol. The van der Waals surface area contributed by atoms with Crippen molar-refractivity contribution in [1.29, 1.82) is 0 Å². The number of nitrogens with one attached hydrogen (secondary N) is 1. The smallest absolute Gasteiger partial charge is 0.134 e. The second-order valence-corrected chi connectivity index (χ2v) is 7.64. The van der Waals surface area contributed by atoms with Gasteiger partial charge in [0.25, 0.3) is 0 Å². The third-order valence-electron chi connectivity index (χ3n) is 4.13. The van der Waals surface area contributed by atoms with E-state index in [-0.39, 0.29) is 6.04 Å². The minimum absolute atomic E-state index is 0.228. The van der Waals surface area contributed by atoms with E-state index in [1.165, 1.54) is 0 Å². The molecule has 3 heteroatoms. The normalized spacial score (nSPS) is 15.5. The molecule has 0 saturated carbocycles. The molecule has 1 aromatic carbocycles. The molecular weight excluding hydrogens is 314 g/mol. The molecule has 1 aromatic heterocycles. The summed E-state index contributed by atoms with van der Waals surface area (Å²) in [5, 5.41) is 4.72. The fourth-order valence-corrected chi connectivity index (χ4v) is 2.39. The third-order valence-corrected chi connectivity index (χ3v) is 4.63. The van der Waals surface area contributed by atoms with Crippen molar-refractivity contribution in [3.63, 3.8) is 0 Å². The Morgan fingerprint density at radius 2 is 1.90 bits per heavy atom. The standard InChI is InChI=1S/C17H24BrNO/c1-11(17(3,4)5)10-19-12(2)16-9-13-8-14(18)6-7-15(13)20-16/h6-9,11-12,19H,10H2,1-5H3. The lowest BCUT2D eigenvalue weighted by molar-refractivity contribution is 0.243. The highest BCUT2D eigenvalue weighted by Gasteiger charge is 2.21. The molecule has 2 nitrogen and oxygen atoms in total. The predicted octanol–water partition coefficient (Wildman–Crippen LogP) is 5.53. The van der Waals surface area contributed by atoms with E-state index in [9.17, 15) is 0 Å². The molecule has 0 amide bonds. The van der Waals surface area contributed by atoms with Gasteiger partial charge in [0, 0.05) is 9.86 Å². The van der Waals surface area contributed by atoms with Crippen LogP contribution in [0.4, 0.5) is 0 Å². The van der Waals surface area contributed by atoms with Gasteiger partial charge in [-0.3, -0.25) is 0 Å². The minimum atomic E-state index is 0.228. The van der Waals surface area contributed by atoms with Gasteiger partial charge in [0.15, 0.2) is 0 Å². The summed E-state index contributed by atoms with van der Waals surface area (Å²) >= 11 is 3.49. The van der Waals surface area contributed by atoms with Gasteiger partial charge in [0.05, 0.1) is 6.04 Å². The first-order chi connectivity index (χ1) is 9.27. The van der Waals surface area contributed by atoms with Crippen LogP contribution >= 0.6 is 15.9 Å². The molecule has 20 heavy (non-hydrogen) atoms. The lowest BCUT2D eigenvalue weighted by Gasteiger charge is -2.28. The summed E-state index contributed by atoms with van der Waals surface area (Å²) in [7, 11) is 0. The van der Waals surface area contributed by atoms with Crippen LogP contribution in [0, 0.1) is 11.3 Å². The van der Waals surface area contributed by atoms with Gasteiger partial charge in [-0.1, -0.05) is 43.6 Å². The molecule has 2 rings (SSSR count). The maximum atomic E-state index is 5.92. The summed E-state index contributed by atoms with van der Waals surface area (Å²) in [6.07, 6.45) is 0. The average molecular weight is 338 g/mol. The van der Waals surface area contributed by atoms with Crippen LogP contribution in [0.1, 0.15) is 46.4 Å². The Kier molecular flexibility index (Phi) is 4.60. The summed E-state index contributed by atoms with van der Waals surface area (Å²) in [5.74, 6) is 1.61. The highest BCUT2D eigenvalue weighted by molar-refractivity contribution is 9.10. The van der Waals surface area contributed by atoms with Gasteiger partial charge in [-0.2, -0.15) is 0 Å². The summed E-state index contributed by atoms with van der Waals surface area (Å²) < 4.78 is 7.00. The Labute approximate surface area is 130 Å². The number of halogens is 1. The lowest BCUT2D eigenvalue weighted by atomic mass is 9.82. The topological polar surface area (TPSA) is 25.2 Å². The van der Waals surface area contributed by atoms with Gasteiger partial charge in [-0.05, 0) is 49.1 Å². The average Bonchev–Trinajstić information content (AvgIpc) is 2.77. The van der Waals surface area contributed by atoms with Crippen molar-refractivity contribution in [3.8, 4) is 0 Å². The molecule has 2 unspecified atom stereocenters. The van der Waals surface area contributed by atoms with E-state index in [0.717, 1.165) is 27.7 Å². The van der Waals surface area contributed by atoms with Gasteiger partial charge < -0.3 is 9.73 Å². The summed E-state index contributed by atoms with van der Waals surface area (Å²) in [4.78, 5) is 0. The first-order valence-corrected chi connectivity index (χ1v) is 7.99. The zero-order valence-electron chi connectivity index (χ0n) is 13.0. The van der Waals surface area contributed by atoms with Crippen LogP contribution in [0.15, 0.2) is 33.2 Å². The monoisotopic (exact) mass is 337 g/mol. The Hall–Kier alpha value is -0.800. The quantitative estimate of drug-likeness (QED) is 0.793. The van der Waals surface area contributed by atoms with Crippen LogP contribution in [-0.4, -0.2) is 6.54 Å². The van der Waals surface area contributed by atoms with Crippen molar-refractivity contribution in [2.24, 2.45) is 11.3 Å². The Morgan fingerprint density at radius 3 is 2.55 bits per heavy atom. The summed E-state index contributed by atoms with van der Waals surface area (Å²) in [6, 6.07) is 8.46. The van der Waals surface area contributed by atoms with Crippen LogP contribution in [0.3, 0.4) is 0 Å². The van der Waals surface area contributed by atoms with Crippen LogP contribution in [-0.2, 0) is 0 Å². The van der Waals surface area contributed by atoms with E-state index < -0.39 is 0 Å². The van der Waals surface area contributed by atoms with E-state index in [4.69, 9.17) is 4.42 Å². The molecule has 0 radical (unpaired) electrons. The van der Waals surface area contributed by atoms with Crippen molar-refractivity contribution >= 4 is 26.9 Å². The zero-order chi connectivity index (χ0) is 14.9. The van der Waals surface area contributed by atoms with Crippen LogP contribution in [0.2, 0.25) is 0 Å². The first kappa shape index (κ1) is 15.6. The van der Waals surface area contributed by atoms with Crippen molar-refractivity contribution in [3.05, 3.63) is 34.5 Å². The molecule has 0 aliphatic rings. The number of furan rings is 1. The van der Waals surface area contributed by atoms with Gasteiger partial charge in [-0.25, -0.2) is 0 Å². The second-order valence-electron chi connectivity index (χ2n) is 6.73. The molecule has 0 fully saturated rings. The Morgan fingerprint density at radius 1 is 1.20 bits per heavy atom. The Balaban J connectivity index is 2.06. The van der Waals surface area contributed by atoms with Gasteiger partial charge in [0.1, 0.15) is 11.3 Å². The largest absolute Gasteiger partial charge is 0.459 e. The van der Waals surface area contributed by atoms with Gasteiger partial charge in [-0.15, -0.1) is 0 Å². The van der Waals surface area contributed by atoms with Gasteiger partial charge >= 0.3 is 0 Å². The third kappa shape index (κ3) is 3.64. The van der Waals surface area contributed by atoms with Crippen LogP contribution < -0.4 is 5.32 Å². The van der Waals surface area contributed by atoms with Crippen molar-refractivity contribution in [2.45, 2.75) is 40.7 Å². The maximum absolute atomic E-state index is 5.92. The van der Waals surface area contributed by atoms with E-state index >= 15 is 0 Å². The number of rotatable bonds is 4. The fraction of sp³-hybridized carbons (Fsp3) is 0.529. The Bertz CT molecular complexity index is 582. The summed E-state index contributed by atoms with van der Waals surface area (Å²) in [5.41, 5.74) is 1.27. The molecule has 0 saturated heterocycles. The van der Waals surface area contributed by atoms with E-state index in [1.54, 1.807) is 0 Å². The van der Waals surface area contributed by atoms with Crippen molar-refractivity contribution in [2.75, 3.05) is 6.54 Å². The van der Waals surface area contributed by atoms with E-state index in [0.29, 0.717) is 11.3 Å². The van der Waals surface area contributed by atoms with E-state index in [2.05, 4.69) is 68.0 Å². The summed E-state index contributed by atoms with van der Waals surface area (Å²) in [6.45, 7) is 12.3. The highest BCUT2D eigenvalue weighted by atomic mass is 79.9. The number of hydrogen-bond donors (Lipinski definition) is 1. The number of benzene rings is 1. The zero-order valence-corrected chi connectivity index (χ0v) is 14.5. The molecule has 0 spiro atoms. The molecule has 0 aliphatic heterocycles. The number of fused-ring (bicyclic) bond motifs is 1. The second kappa shape index (κ2) is 5.90. The fourth-order valence-electron chi connectivity index (χ4n) is 2.01. The van der Waals surface area contributed by atoms with E-state index in [1.807, 2.05) is 12.1 Å². The van der Waals surface area contributed by atoms with Crippen LogP contribution in [0.5, 0.6) is 0 Å².